The lowest BCUT2D eigenvalue weighted by Crippen LogP contribution is -2.56. The molecule has 1 saturated heterocycles. The summed E-state index contributed by atoms with van der Waals surface area (Å²) < 4.78 is 5.04. The molecule has 0 radical (unpaired) electrons. The van der Waals surface area contributed by atoms with Crippen LogP contribution in [0.3, 0.4) is 0 Å². The smallest absolute Gasteiger partial charge is 0.300 e. The number of aliphatic carboxylic acids is 1. The van der Waals surface area contributed by atoms with Gasteiger partial charge in [-0.25, -0.2) is 5.10 Å². The van der Waals surface area contributed by atoms with Crippen LogP contribution in [-0.2, 0) is 25.5 Å². The van der Waals surface area contributed by atoms with Crippen molar-refractivity contribution < 1.29 is 29.3 Å². The normalized spacial score (nSPS) is 18.4. The highest BCUT2D eigenvalue weighted by molar-refractivity contribution is 5.78. The van der Waals surface area contributed by atoms with E-state index >= 15 is 0 Å². The fourth-order valence-electron chi connectivity index (χ4n) is 2.66. The van der Waals surface area contributed by atoms with Crippen molar-refractivity contribution >= 4 is 17.8 Å². The first-order chi connectivity index (χ1) is 13.7. The van der Waals surface area contributed by atoms with E-state index in [0.29, 0.717) is 31.7 Å². The molecule has 2 rings (SSSR count). The van der Waals surface area contributed by atoms with Gasteiger partial charge in [0.2, 0.25) is 11.8 Å². The van der Waals surface area contributed by atoms with Crippen molar-refractivity contribution in [2.45, 2.75) is 45.3 Å². The number of carbonyl (C=O) groups excluding carboxylic acids is 2. The third kappa shape index (κ3) is 9.81. The lowest BCUT2D eigenvalue weighted by Gasteiger charge is -2.36. The van der Waals surface area contributed by atoms with Crippen molar-refractivity contribution in [3.63, 3.8) is 0 Å². The number of rotatable bonds is 7. The molecule has 0 aromatic carbocycles. The summed E-state index contributed by atoms with van der Waals surface area (Å²) in [6.07, 6.45) is 0.378. The third-order valence-electron chi connectivity index (χ3n) is 4.04. The molecule has 11 heteroatoms. The van der Waals surface area contributed by atoms with Gasteiger partial charge in [-0.1, -0.05) is 0 Å². The van der Waals surface area contributed by atoms with Gasteiger partial charge in [0.15, 0.2) is 0 Å². The van der Waals surface area contributed by atoms with Crippen molar-refractivity contribution in [3.8, 4) is 0 Å². The van der Waals surface area contributed by atoms with E-state index in [0.717, 1.165) is 6.92 Å². The maximum absolute atomic E-state index is 12.4. The Labute approximate surface area is 168 Å². The molecule has 2 heterocycles. The number of likely N-dealkylation sites (tertiary alicyclic amines) is 1. The van der Waals surface area contributed by atoms with E-state index < -0.39 is 18.1 Å². The highest BCUT2D eigenvalue weighted by atomic mass is 16.5. The number of carboxylic acids is 1. The first-order valence-electron chi connectivity index (χ1n) is 9.30. The van der Waals surface area contributed by atoms with Crippen LogP contribution in [0, 0.1) is 0 Å². The van der Waals surface area contributed by atoms with Crippen molar-refractivity contribution in [3.05, 3.63) is 28.2 Å². The third-order valence-corrected chi connectivity index (χ3v) is 4.04. The second kappa shape index (κ2) is 12.6. The fraction of sp³-hybridized carbons (Fsp3) is 0.611. The van der Waals surface area contributed by atoms with Crippen molar-refractivity contribution in [1.82, 2.24) is 20.4 Å². The molecule has 0 bridgehead atoms. The number of aliphatic hydroxyl groups excluding tert-OH is 1. The highest BCUT2D eigenvalue weighted by Gasteiger charge is 2.31. The summed E-state index contributed by atoms with van der Waals surface area (Å²) in [6, 6.07) is 2.45. The molecule has 1 aliphatic heterocycles. The van der Waals surface area contributed by atoms with E-state index in [1.165, 1.54) is 6.07 Å². The molecule has 1 aromatic heterocycles. The zero-order chi connectivity index (χ0) is 21.8. The van der Waals surface area contributed by atoms with Gasteiger partial charge in [-0.15, -0.1) is 0 Å². The molecule has 29 heavy (non-hydrogen) atoms. The molecule has 11 nitrogen and oxygen atoms in total. The van der Waals surface area contributed by atoms with Crippen LogP contribution in [0.2, 0.25) is 0 Å². The molecule has 2 amide bonds. The summed E-state index contributed by atoms with van der Waals surface area (Å²) in [5.74, 6) is -1.22. The van der Waals surface area contributed by atoms with Gasteiger partial charge in [0, 0.05) is 45.5 Å². The Morgan fingerprint density at radius 2 is 2.07 bits per heavy atom. The second-order valence-electron chi connectivity index (χ2n) is 6.44. The average Bonchev–Trinajstić information content (AvgIpc) is 2.67. The molecule has 1 aromatic rings. The fourth-order valence-corrected chi connectivity index (χ4v) is 2.66. The van der Waals surface area contributed by atoms with Crippen LogP contribution in [0.15, 0.2) is 16.9 Å². The number of piperidine rings is 1. The van der Waals surface area contributed by atoms with Crippen LogP contribution < -0.4 is 10.9 Å². The minimum Gasteiger partial charge on any atom is -0.481 e. The zero-order valence-electron chi connectivity index (χ0n) is 16.6. The van der Waals surface area contributed by atoms with Crippen LogP contribution in [0.25, 0.3) is 0 Å². The molecule has 0 saturated carbocycles. The number of nitrogens with zero attached hydrogens (tertiary/aromatic N) is 2. The predicted octanol–water partition coefficient (Wildman–Crippen LogP) is -1.09. The summed E-state index contributed by atoms with van der Waals surface area (Å²) >= 11 is 0. The minimum atomic E-state index is -0.833. The maximum Gasteiger partial charge on any atom is 0.300 e. The number of H-pyrrole nitrogens is 1. The quantitative estimate of drug-likeness (QED) is 0.439. The number of amides is 2. The first kappa shape index (κ1) is 24.2. The second-order valence-corrected chi connectivity index (χ2v) is 6.44. The van der Waals surface area contributed by atoms with E-state index in [1.807, 2.05) is 0 Å². The Kier molecular flexibility index (Phi) is 10.6. The summed E-state index contributed by atoms with van der Waals surface area (Å²) in [6.45, 7) is 3.95. The van der Waals surface area contributed by atoms with Gasteiger partial charge in [0.05, 0.1) is 17.8 Å². The van der Waals surface area contributed by atoms with Gasteiger partial charge in [0.25, 0.3) is 11.5 Å². The Morgan fingerprint density at radius 1 is 1.38 bits per heavy atom. The maximum atomic E-state index is 12.4. The summed E-state index contributed by atoms with van der Waals surface area (Å²) in [7, 11) is 0. The number of aromatic amines is 1. The monoisotopic (exact) mass is 412 g/mol. The molecule has 4 N–H and O–H groups in total. The Balaban J connectivity index is 0.000000960. The summed E-state index contributed by atoms with van der Waals surface area (Å²) in [5, 5.41) is 26.4. The lowest BCUT2D eigenvalue weighted by atomic mass is 10.0. The van der Waals surface area contributed by atoms with Gasteiger partial charge in [-0.2, -0.15) is 5.10 Å². The van der Waals surface area contributed by atoms with E-state index in [4.69, 9.17) is 14.6 Å². The molecule has 0 aliphatic carbocycles. The number of carboxylic acid groups (broad SMARTS) is 1. The zero-order valence-corrected chi connectivity index (χ0v) is 16.6. The number of hydrogen-bond donors (Lipinski definition) is 4. The molecule has 0 unspecified atom stereocenters. The van der Waals surface area contributed by atoms with E-state index in [-0.39, 0.29) is 36.9 Å². The number of aliphatic hydroxyl groups is 1. The van der Waals surface area contributed by atoms with E-state index in [1.54, 1.807) is 17.9 Å². The lowest BCUT2D eigenvalue weighted by molar-refractivity contribution is -0.136. The molecular weight excluding hydrogens is 384 g/mol. The Morgan fingerprint density at radius 3 is 2.66 bits per heavy atom. The van der Waals surface area contributed by atoms with Gasteiger partial charge < -0.3 is 25.2 Å². The van der Waals surface area contributed by atoms with Gasteiger partial charge in [-0.3, -0.25) is 19.2 Å². The number of hydrogen-bond acceptors (Lipinski definition) is 7. The molecule has 1 fully saturated rings. The molecule has 2 atom stereocenters. The number of ether oxygens (including phenoxy) is 1. The minimum absolute atomic E-state index is 0.0639. The van der Waals surface area contributed by atoms with Crippen molar-refractivity contribution in [1.29, 1.82) is 0 Å². The Hall–Kier alpha value is -2.79. The summed E-state index contributed by atoms with van der Waals surface area (Å²) in [4.78, 5) is 45.7. The van der Waals surface area contributed by atoms with Crippen LogP contribution >= 0.6 is 0 Å². The van der Waals surface area contributed by atoms with Gasteiger partial charge in [-0.05, 0) is 19.4 Å². The number of aromatic nitrogens is 2. The molecular formula is C18H28N4O7. The predicted molar refractivity (Wildman–Crippen MR) is 102 cm³/mol. The van der Waals surface area contributed by atoms with Crippen LogP contribution in [0.1, 0.15) is 32.4 Å². The van der Waals surface area contributed by atoms with Gasteiger partial charge in [0.1, 0.15) is 6.61 Å². The molecule has 1 aliphatic rings. The standard InChI is InChI=1S/C16H24N4O5.C2H4O2/c1-2-25-10-15(23)17-12-9-20(8-7-13(12)21)16(24)6-4-11-3-5-14(22)19-18-11;1-2(3)4/h3,5,12-13,21H,2,4,6-10H2,1H3,(H,17,23)(H,19,22);1H3,(H,3,4)/t12-,13-;/m1./s1. The Bertz CT molecular complexity index is 713. The first-order valence-corrected chi connectivity index (χ1v) is 9.30. The van der Waals surface area contributed by atoms with E-state index in [9.17, 15) is 19.5 Å². The average molecular weight is 412 g/mol. The van der Waals surface area contributed by atoms with E-state index in [2.05, 4.69) is 15.5 Å². The number of carbonyl (C=O) groups is 3. The number of nitrogens with one attached hydrogen (secondary N) is 2. The van der Waals surface area contributed by atoms with Crippen molar-refractivity contribution in [2.75, 3.05) is 26.3 Å². The highest BCUT2D eigenvalue weighted by Crippen LogP contribution is 2.13. The summed E-state index contributed by atoms with van der Waals surface area (Å²) in [5.41, 5.74) is 0.345. The van der Waals surface area contributed by atoms with Crippen LogP contribution in [0.5, 0.6) is 0 Å². The molecule has 0 spiro atoms. The molecule has 162 valence electrons. The largest absolute Gasteiger partial charge is 0.481 e. The van der Waals surface area contributed by atoms with Crippen LogP contribution in [0.4, 0.5) is 0 Å². The van der Waals surface area contributed by atoms with Crippen LogP contribution in [-0.4, -0.2) is 81.5 Å². The topological polar surface area (TPSA) is 162 Å². The SMILES string of the molecule is CC(=O)O.CCOCC(=O)N[C@@H]1CN(C(=O)CCc2ccc(=O)[nH]n2)CC[C@H]1O. The van der Waals surface area contributed by atoms with Crippen molar-refractivity contribution in [2.24, 2.45) is 0 Å². The van der Waals surface area contributed by atoms with Gasteiger partial charge >= 0.3 is 0 Å². The number of aryl methyl sites for hydroxylation is 1.